The summed E-state index contributed by atoms with van der Waals surface area (Å²) in [5, 5.41) is 9.85. The lowest BCUT2D eigenvalue weighted by atomic mass is 9.93. The molecule has 9 nitrogen and oxygen atoms in total. The molecule has 0 radical (unpaired) electrons. The summed E-state index contributed by atoms with van der Waals surface area (Å²) < 4.78 is 30.9. The van der Waals surface area contributed by atoms with E-state index in [0.717, 1.165) is 49.0 Å². The van der Waals surface area contributed by atoms with E-state index < -0.39 is 10.2 Å². The van der Waals surface area contributed by atoms with Gasteiger partial charge in [0, 0.05) is 44.8 Å². The molecule has 0 bridgehead atoms. The van der Waals surface area contributed by atoms with Crippen LogP contribution in [0.15, 0.2) is 18.6 Å². The van der Waals surface area contributed by atoms with Crippen molar-refractivity contribution in [2.24, 2.45) is 0 Å². The molecule has 0 amide bonds. The first-order valence-corrected chi connectivity index (χ1v) is 12.1. The molecule has 3 aliphatic rings. The number of anilines is 1. The van der Waals surface area contributed by atoms with Gasteiger partial charge in [-0.15, -0.1) is 0 Å². The Labute approximate surface area is 176 Å². The molecule has 30 heavy (non-hydrogen) atoms. The molecule has 160 valence electrons. The van der Waals surface area contributed by atoms with Crippen molar-refractivity contribution in [3.05, 3.63) is 18.6 Å². The van der Waals surface area contributed by atoms with Crippen LogP contribution in [0.3, 0.4) is 0 Å². The summed E-state index contributed by atoms with van der Waals surface area (Å²) in [6.45, 7) is 2.15. The number of rotatable bonds is 7. The van der Waals surface area contributed by atoms with E-state index in [4.69, 9.17) is 5.26 Å². The number of nitrogens with one attached hydrogen (secondary N) is 1. The maximum Gasteiger partial charge on any atom is 0.282 e. The molecule has 1 spiro atoms. The summed E-state index contributed by atoms with van der Waals surface area (Å²) in [5.74, 6) is 0.870. The topological polar surface area (TPSA) is 109 Å². The zero-order chi connectivity index (χ0) is 20.8. The third kappa shape index (κ3) is 3.25. The fourth-order valence-electron chi connectivity index (χ4n) is 4.77. The van der Waals surface area contributed by atoms with Gasteiger partial charge in [-0.3, -0.25) is 0 Å². The number of H-pyrrole nitrogens is 1. The van der Waals surface area contributed by atoms with Crippen molar-refractivity contribution in [2.75, 3.05) is 31.1 Å². The van der Waals surface area contributed by atoms with Crippen LogP contribution in [0.1, 0.15) is 44.9 Å². The molecule has 1 saturated heterocycles. The van der Waals surface area contributed by atoms with Crippen molar-refractivity contribution in [3.63, 3.8) is 0 Å². The fraction of sp³-hybridized carbons (Fsp3) is 0.650. The average Bonchev–Trinajstić information content (AvgIpc) is 3.26. The number of piperazine rings is 1. The predicted octanol–water partition coefficient (Wildman–Crippen LogP) is 2.02. The van der Waals surface area contributed by atoms with Crippen LogP contribution in [-0.2, 0) is 10.2 Å². The molecular formula is C20H27N7O2S. The van der Waals surface area contributed by atoms with Gasteiger partial charge in [-0.25, -0.2) is 9.97 Å². The molecular weight excluding hydrogens is 402 g/mol. The molecule has 2 aliphatic carbocycles. The summed E-state index contributed by atoms with van der Waals surface area (Å²) in [4.78, 5) is 14.1. The first-order chi connectivity index (χ1) is 14.5. The minimum atomic E-state index is -3.56. The van der Waals surface area contributed by atoms with E-state index in [-0.39, 0.29) is 11.6 Å². The van der Waals surface area contributed by atoms with Crippen LogP contribution in [0, 0.1) is 11.3 Å². The number of aromatic amines is 1. The van der Waals surface area contributed by atoms with Gasteiger partial charge in [-0.05, 0) is 38.2 Å². The second-order valence-corrected chi connectivity index (χ2v) is 10.4. The highest BCUT2D eigenvalue weighted by Crippen LogP contribution is 2.48. The van der Waals surface area contributed by atoms with E-state index in [0.29, 0.717) is 39.0 Å². The SMILES string of the molecule is N#CCCCN(C1CCC1)S(=O)(=O)N1CCN(c2ncnc3[nH]ccc23)CC12CC2. The van der Waals surface area contributed by atoms with Gasteiger partial charge in [-0.2, -0.15) is 22.3 Å². The zero-order valence-electron chi connectivity index (χ0n) is 17.0. The molecule has 5 rings (SSSR count). The van der Waals surface area contributed by atoms with Gasteiger partial charge < -0.3 is 9.88 Å². The lowest BCUT2D eigenvalue weighted by molar-refractivity contribution is 0.183. The first-order valence-electron chi connectivity index (χ1n) is 10.7. The second-order valence-electron chi connectivity index (χ2n) is 8.62. The zero-order valence-corrected chi connectivity index (χ0v) is 17.8. The Morgan fingerprint density at radius 2 is 2.13 bits per heavy atom. The smallest absolute Gasteiger partial charge is 0.282 e. The Kier molecular flexibility index (Phi) is 4.92. The van der Waals surface area contributed by atoms with Gasteiger partial charge in [0.15, 0.2) is 0 Å². The molecule has 0 aromatic carbocycles. The maximum atomic E-state index is 13.7. The van der Waals surface area contributed by atoms with Crippen LogP contribution in [-0.4, -0.2) is 69.7 Å². The third-order valence-corrected chi connectivity index (χ3v) is 8.97. The Hall–Kier alpha value is -2.22. The first kappa shape index (κ1) is 19.7. The van der Waals surface area contributed by atoms with E-state index in [1.165, 1.54) is 0 Å². The quantitative estimate of drug-likeness (QED) is 0.675. The largest absolute Gasteiger partial charge is 0.353 e. The van der Waals surface area contributed by atoms with Gasteiger partial charge >= 0.3 is 0 Å². The molecule has 0 unspecified atom stereocenters. The highest BCUT2D eigenvalue weighted by atomic mass is 32.2. The van der Waals surface area contributed by atoms with E-state index in [1.54, 1.807) is 14.9 Å². The van der Waals surface area contributed by atoms with E-state index in [1.807, 2.05) is 12.3 Å². The predicted molar refractivity (Wildman–Crippen MR) is 113 cm³/mol. The fourth-order valence-corrected chi connectivity index (χ4v) is 7.01. The number of nitrogens with zero attached hydrogens (tertiary/aromatic N) is 6. The summed E-state index contributed by atoms with van der Waals surface area (Å²) >= 11 is 0. The van der Waals surface area contributed by atoms with Crippen molar-refractivity contribution in [2.45, 2.75) is 56.5 Å². The molecule has 3 fully saturated rings. The Morgan fingerprint density at radius 1 is 1.30 bits per heavy atom. The minimum Gasteiger partial charge on any atom is -0.353 e. The van der Waals surface area contributed by atoms with E-state index in [2.05, 4.69) is 25.9 Å². The third-order valence-electron chi connectivity index (χ3n) is 6.77. The van der Waals surface area contributed by atoms with Crippen molar-refractivity contribution < 1.29 is 8.42 Å². The monoisotopic (exact) mass is 429 g/mol. The molecule has 1 N–H and O–H groups in total. The highest BCUT2D eigenvalue weighted by Gasteiger charge is 2.57. The molecule has 1 aliphatic heterocycles. The molecule has 3 heterocycles. The Bertz CT molecular complexity index is 1070. The van der Waals surface area contributed by atoms with Crippen molar-refractivity contribution >= 4 is 27.1 Å². The Morgan fingerprint density at radius 3 is 2.83 bits per heavy atom. The number of aromatic nitrogens is 3. The summed E-state index contributed by atoms with van der Waals surface area (Å²) in [6.07, 6.45) is 9.06. The number of hydrogen-bond donors (Lipinski definition) is 1. The van der Waals surface area contributed by atoms with Crippen molar-refractivity contribution in [1.29, 1.82) is 5.26 Å². The van der Waals surface area contributed by atoms with Crippen LogP contribution in [0.25, 0.3) is 11.0 Å². The molecule has 2 saturated carbocycles. The molecule has 2 aromatic heterocycles. The summed E-state index contributed by atoms with van der Waals surface area (Å²) in [7, 11) is -3.56. The van der Waals surface area contributed by atoms with Gasteiger partial charge in [0.05, 0.1) is 17.0 Å². The standard InChI is InChI=1S/C20H27N7O2S/c21-9-1-2-11-26(16-4-3-5-16)30(28,29)27-13-12-25(14-20(27)7-8-20)19-17-6-10-22-18(17)23-15-24-19/h6,10,15-16H,1-5,7-8,11-14H2,(H,22,23,24). The maximum absolute atomic E-state index is 13.7. The van der Waals surface area contributed by atoms with E-state index >= 15 is 0 Å². The lowest BCUT2D eigenvalue weighted by Crippen LogP contribution is -2.62. The molecule has 10 heteroatoms. The van der Waals surface area contributed by atoms with Gasteiger partial charge in [0.25, 0.3) is 10.2 Å². The van der Waals surface area contributed by atoms with Gasteiger partial charge in [-0.1, -0.05) is 6.42 Å². The number of hydrogen-bond acceptors (Lipinski definition) is 6. The van der Waals surface area contributed by atoms with Gasteiger partial charge in [0.1, 0.15) is 17.8 Å². The Balaban J connectivity index is 1.38. The van der Waals surface area contributed by atoms with Crippen LogP contribution >= 0.6 is 0 Å². The number of nitriles is 1. The van der Waals surface area contributed by atoms with Crippen molar-refractivity contribution in [1.82, 2.24) is 23.6 Å². The minimum absolute atomic E-state index is 0.0869. The molecule has 0 atom stereocenters. The van der Waals surface area contributed by atoms with Crippen LogP contribution < -0.4 is 4.90 Å². The van der Waals surface area contributed by atoms with Crippen LogP contribution in [0.4, 0.5) is 5.82 Å². The van der Waals surface area contributed by atoms with Crippen molar-refractivity contribution in [3.8, 4) is 6.07 Å². The number of unbranched alkanes of at least 4 members (excludes halogenated alkanes) is 1. The lowest BCUT2D eigenvalue weighted by Gasteiger charge is -2.46. The normalized spacial score (nSPS) is 21.8. The van der Waals surface area contributed by atoms with Crippen LogP contribution in [0.5, 0.6) is 0 Å². The second kappa shape index (κ2) is 7.48. The van der Waals surface area contributed by atoms with Gasteiger partial charge in [0.2, 0.25) is 0 Å². The van der Waals surface area contributed by atoms with E-state index in [9.17, 15) is 8.42 Å². The molecule has 2 aromatic rings. The number of fused-ring (bicyclic) bond motifs is 1. The highest BCUT2D eigenvalue weighted by molar-refractivity contribution is 7.86. The average molecular weight is 430 g/mol. The van der Waals surface area contributed by atoms with Crippen LogP contribution in [0.2, 0.25) is 0 Å². The summed E-state index contributed by atoms with van der Waals surface area (Å²) in [6, 6.07) is 4.20. The summed E-state index contributed by atoms with van der Waals surface area (Å²) in [5.41, 5.74) is 0.454.